The molecule has 1 amide bonds. The van der Waals surface area contributed by atoms with Gasteiger partial charge in [-0.1, -0.05) is 11.8 Å². The van der Waals surface area contributed by atoms with Gasteiger partial charge in [-0.15, -0.1) is 11.3 Å². The summed E-state index contributed by atoms with van der Waals surface area (Å²) in [5, 5.41) is 13.3. The van der Waals surface area contributed by atoms with E-state index in [1.54, 1.807) is 16.7 Å². The van der Waals surface area contributed by atoms with Crippen molar-refractivity contribution in [3.8, 4) is 5.75 Å². The van der Waals surface area contributed by atoms with Gasteiger partial charge in [0, 0.05) is 17.1 Å². The van der Waals surface area contributed by atoms with E-state index >= 15 is 0 Å². The maximum Gasteiger partial charge on any atom is 0.263 e. The second-order valence-corrected chi connectivity index (χ2v) is 7.94. The first-order valence-electron chi connectivity index (χ1n) is 8.13. The highest BCUT2D eigenvalue weighted by Crippen LogP contribution is 2.28. The van der Waals surface area contributed by atoms with Gasteiger partial charge in [0.05, 0.1) is 11.1 Å². The number of thioether (sulfide) groups is 1. The van der Waals surface area contributed by atoms with Crippen molar-refractivity contribution < 1.29 is 9.90 Å². The van der Waals surface area contributed by atoms with Crippen LogP contribution in [-0.4, -0.2) is 26.3 Å². The SMILES string of the molecule is CCn1c(SCC(=O)Nc2ccc(O)cc2)nc2sc(C)c(C)c2c1=O. The Kier molecular flexibility index (Phi) is 5.33. The Balaban J connectivity index is 1.81. The summed E-state index contributed by atoms with van der Waals surface area (Å²) in [6.07, 6.45) is 0. The van der Waals surface area contributed by atoms with Crippen LogP contribution in [0.4, 0.5) is 5.69 Å². The monoisotopic (exact) mass is 389 g/mol. The molecule has 0 bridgehead atoms. The second kappa shape index (κ2) is 7.51. The average Bonchev–Trinajstić information content (AvgIpc) is 2.89. The molecule has 136 valence electrons. The van der Waals surface area contributed by atoms with E-state index in [-0.39, 0.29) is 23.0 Å². The number of carbonyl (C=O) groups excluding carboxylic acids is 1. The number of nitrogens with one attached hydrogen (secondary N) is 1. The van der Waals surface area contributed by atoms with Crippen LogP contribution in [0.2, 0.25) is 0 Å². The maximum atomic E-state index is 12.8. The van der Waals surface area contributed by atoms with Crippen LogP contribution in [-0.2, 0) is 11.3 Å². The number of nitrogens with zero attached hydrogens (tertiary/aromatic N) is 2. The van der Waals surface area contributed by atoms with Gasteiger partial charge >= 0.3 is 0 Å². The van der Waals surface area contributed by atoms with E-state index in [0.29, 0.717) is 22.8 Å². The van der Waals surface area contributed by atoms with Crippen LogP contribution in [0.3, 0.4) is 0 Å². The molecule has 2 N–H and O–H groups in total. The lowest BCUT2D eigenvalue weighted by molar-refractivity contribution is -0.113. The third kappa shape index (κ3) is 3.61. The third-order valence-corrected chi connectivity index (χ3v) is 6.13. The molecule has 0 aliphatic heterocycles. The fourth-order valence-corrected chi connectivity index (χ4v) is 4.50. The summed E-state index contributed by atoms with van der Waals surface area (Å²) in [5.74, 6) is 0.0851. The number of aryl methyl sites for hydroxylation is 2. The van der Waals surface area contributed by atoms with E-state index in [0.717, 1.165) is 15.3 Å². The van der Waals surface area contributed by atoms with E-state index in [2.05, 4.69) is 10.3 Å². The summed E-state index contributed by atoms with van der Waals surface area (Å²) in [5.41, 5.74) is 1.53. The molecule has 0 unspecified atom stereocenters. The van der Waals surface area contributed by atoms with Crippen molar-refractivity contribution in [3.05, 3.63) is 45.1 Å². The normalized spacial score (nSPS) is 11.0. The second-order valence-electron chi connectivity index (χ2n) is 5.79. The lowest BCUT2D eigenvalue weighted by atomic mass is 10.2. The molecule has 3 aromatic rings. The first-order valence-corrected chi connectivity index (χ1v) is 9.93. The van der Waals surface area contributed by atoms with Gasteiger partial charge in [-0.3, -0.25) is 14.2 Å². The number of thiophene rings is 1. The van der Waals surface area contributed by atoms with E-state index in [9.17, 15) is 14.7 Å². The molecule has 0 spiro atoms. The van der Waals surface area contributed by atoms with Gasteiger partial charge in [0.15, 0.2) is 5.16 Å². The molecule has 0 aliphatic rings. The van der Waals surface area contributed by atoms with Crippen molar-refractivity contribution >= 4 is 44.9 Å². The number of carbonyl (C=O) groups is 1. The van der Waals surface area contributed by atoms with Gasteiger partial charge in [0.25, 0.3) is 5.56 Å². The highest BCUT2D eigenvalue weighted by molar-refractivity contribution is 7.99. The molecular weight excluding hydrogens is 370 g/mol. The minimum Gasteiger partial charge on any atom is -0.508 e. The Morgan fingerprint density at radius 2 is 2.00 bits per heavy atom. The summed E-state index contributed by atoms with van der Waals surface area (Å²) in [4.78, 5) is 31.4. The number of aromatic hydroxyl groups is 1. The zero-order chi connectivity index (χ0) is 18.8. The molecule has 0 radical (unpaired) electrons. The number of hydrogen-bond acceptors (Lipinski definition) is 6. The van der Waals surface area contributed by atoms with E-state index in [1.807, 2.05) is 20.8 Å². The zero-order valence-electron chi connectivity index (χ0n) is 14.7. The van der Waals surface area contributed by atoms with Crippen LogP contribution >= 0.6 is 23.1 Å². The van der Waals surface area contributed by atoms with Gasteiger partial charge in [-0.2, -0.15) is 0 Å². The standard InChI is InChI=1S/C18H19N3O3S2/c1-4-21-17(24)15-10(2)11(3)26-16(15)20-18(21)25-9-14(23)19-12-5-7-13(22)8-6-12/h5-8,22H,4,9H2,1-3H3,(H,19,23). The largest absolute Gasteiger partial charge is 0.508 e. The van der Waals surface area contributed by atoms with Crippen LogP contribution < -0.4 is 10.9 Å². The minimum absolute atomic E-state index is 0.0548. The molecule has 0 fully saturated rings. The van der Waals surface area contributed by atoms with Crippen molar-refractivity contribution in [3.63, 3.8) is 0 Å². The van der Waals surface area contributed by atoms with Crippen LogP contribution in [0.5, 0.6) is 5.75 Å². The first kappa shape index (κ1) is 18.5. The van der Waals surface area contributed by atoms with Gasteiger partial charge in [-0.05, 0) is 50.6 Å². The molecule has 3 rings (SSSR count). The topological polar surface area (TPSA) is 84.2 Å². The summed E-state index contributed by atoms with van der Waals surface area (Å²) in [6, 6.07) is 6.27. The highest BCUT2D eigenvalue weighted by atomic mass is 32.2. The van der Waals surface area contributed by atoms with Crippen LogP contribution in [0, 0.1) is 13.8 Å². The summed E-state index contributed by atoms with van der Waals surface area (Å²) < 4.78 is 1.61. The number of anilines is 1. The van der Waals surface area contributed by atoms with E-state index in [4.69, 9.17) is 0 Å². The number of aromatic nitrogens is 2. The highest BCUT2D eigenvalue weighted by Gasteiger charge is 2.16. The lowest BCUT2D eigenvalue weighted by Gasteiger charge is -2.10. The van der Waals surface area contributed by atoms with Crippen molar-refractivity contribution in [1.29, 1.82) is 0 Å². The van der Waals surface area contributed by atoms with Gasteiger partial charge < -0.3 is 10.4 Å². The molecule has 26 heavy (non-hydrogen) atoms. The molecule has 0 saturated heterocycles. The number of phenolic OH excluding ortho intramolecular Hbond substituents is 1. The molecule has 0 atom stereocenters. The molecule has 1 aromatic carbocycles. The average molecular weight is 390 g/mol. The summed E-state index contributed by atoms with van der Waals surface area (Å²) in [6.45, 7) is 6.31. The Labute approximate surface area is 158 Å². The fourth-order valence-electron chi connectivity index (χ4n) is 2.57. The number of benzene rings is 1. The van der Waals surface area contributed by atoms with Crippen LogP contribution in [0.25, 0.3) is 10.2 Å². The molecule has 8 heteroatoms. The van der Waals surface area contributed by atoms with Crippen molar-refractivity contribution in [1.82, 2.24) is 9.55 Å². The number of fused-ring (bicyclic) bond motifs is 1. The van der Waals surface area contributed by atoms with Gasteiger partial charge in [0.1, 0.15) is 10.6 Å². The number of amides is 1. The Morgan fingerprint density at radius 3 is 2.65 bits per heavy atom. The molecule has 2 aromatic heterocycles. The smallest absolute Gasteiger partial charge is 0.263 e. The first-order chi connectivity index (χ1) is 12.4. The molecule has 2 heterocycles. The minimum atomic E-state index is -0.198. The lowest BCUT2D eigenvalue weighted by Crippen LogP contribution is -2.23. The Morgan fingerprint density at radius 1 is 1.31 bits per heavy atom. The third-order valence-electron chi connectivity index (χ3n) is 4.05. The number of rotatable bonds is 5. The fraction of sp³-hybridized carbons (Fsp3) is 0.278. The van der Waals surface area contributed by atoms with Crippen molar-refractivity contribution in [2.75, 3.05) is 11.1 Å². The molecular formula is C18H19N3O3S2. The maximum absolute atomic E-state index is 12.8. The molecule has 0 aliphatic carbocycles. The van der Waals surface area contributed by atoms with Crippen LogP contribution in [0.1, 0.15) is 17.4 Å². The van der Waals surface area contributed by atoms with Crippen LogP contribution in [0.15, 0.2) is 34.2 Å². The number of hydrogen-bond donors (Lipinski definition) is 2. The van der Waals surface area contributed by atoms with Crippen molar-refractivity contribution in [2.24, 2.45) is 0 Å². The summed E-state index contributed by atoms with van der Waals surface area (Å²) >= 11 is 2.75. The quantitative estimate of drug-likeness (QED) is 0.396. The molecule has 0 saturated carbocycles. The Bertz CT molecular complexity index is 1020. The van der Waals surface area contributed by atoms with E-state index in [1.165, 1.54) is 35.2 Å². The Hall–Kier alpha value is -2.32. The molecule has 6 nitrogen and oxygen atoms in total. The zero-order valence-corrected chi connectivity index (χ0v) is 16.3. The summed E-state index contributed by atoms with van der Waals surface area (Å²) in [7, 11) is 0. The van der Waals surface area contributed by atoms with E-state index < -0.39 is 0 Å². The van der Waals surface area contributed by atoms with Gasteiger partial charge in [-0.25, -0.2) is 4.98 Å². The number of phenols is 1. The predicted molar refractivity (Wildman–Crippen MR) is 106 cm³/mol. The van der Waals surface area contributed by atoms with Gasteiger partial charge in [0.2, 0.25) is 5.91 Å². The van der Waals surface area contributed by atoms with Crippen molar-refractivity contribution in [2.45, 2.75) is 32.5 Å². The predicted octanol–water partition coefficient (Wildman–Crippen LogP) is 3.53.